The van der Waals surface area contributed by atoms with Crippen molar-refractivity contribution >= 4 is 5.78 Å². The Bertz CT molecular complexity index is 196. The molecule has 74 valence electrons. The molecule has 0 aromatic carbocycles. The molecule has 0 radical (unpaired) electrons. The van der Waals surface area contributed by atoms with Gasteiger partial charge < -0.3 is 4.74 Å². The zero-order chi connectivity index (χ0) is 9.68. The van der Waals surface area contributed by atoms with Crippen molar-refractivity contribution in [1.82, 2.24) is 0 Å². The maximum atomic E-state index is 11.3. The summed E-state index contributed by atoms with van der Waals surface area (Å²) in [5.41, 5.74) is 0. The summed E-state index contributed by atoms with van der Waals surface area (Å²) in [5.74, 6) is 0.245. The third-order valence-electron chi connectivity index (χ3n) is 2.58. The first-order valence-electron chi connectivity index (χ1n) is 5.11. The van der Waals surface area contributed by atoms with Gasteiger partial charge in [0.15, 0.2) is 5.78 Å². The normalized spacial score (nSPS) is 27.4. The van der Waals surface area contributed by atoms with Crippen LogP contribution in [0.1, 0.15) is 39.5 Å². The summed E-state index contributed by atoms with van der Waals surface area (Å²) in [5, 5.41) is 0. The van der Waals surface area contributed by atoms with E-state index in [2.05, 4.69) is 6.92 Å². The quantitative estimate of drug-likeness (QED) is 0.625. The zero-order valence-electron chi connectivity index (χ0n) is 8.45. The highest BCUT2D eigenvalue weighted by molar-refractivity contribution is 5.92. The molecule has 2 heteroatoms. The Morgan fingerprint density at radius 3 is 2.92 bits per heavy atom. The SMILES string of the molecule is CCCCCC1OC=CC(=O)[C@@H]1C. The Morgan fingerprint density at radius 2 is 2.23 bits per heavy atom. The van der Waals surface area contributed by atoms with Crippen LogP contribution < -0.4 is 0 Å². The number of hydrogen-bond donors (Lipinski definition) is 0. The molecule has 2 nitrogen and oxygen atoms in total. The molecule has 2 atom stereocenters. The van der Waals surface area contributed by atoms with E-state index in [1.807, 2.05) is 6.92 Å². The van der Waals surface area contributed by atoms with Crippen molar-refractivity contribution in [2.75, 3.05) is 0 Å². The molecule has 0 spiro atoms. The smallest absolute Gasteiger partial charge is 0.165 e. The topological polar surface area (TPSA) is 26.3 Å². The molecule has 1 aliphatic heterocycles. The van der Waals surface area contributed by atoms with Crippen molar-refractivity contribution in [2.45, 2.75) is 45.6 Å². The molecule has 0 amide bonds. The second-order valence-electron chi connectivity index (χ2n) is 3.66. The van der Waals surface area contributed by atoms with Gasteiger partial charge in [-0.1, -0.05) is 26.7 Å². The van der Waals surface area contributed by atoms with E-state index in [9.17, 15) is 4.79 Å². The van der Waals surface area contributed by atoms with E-state index in [-0.39, 0.29) is 17.8 Å². The molecule has 0 bridgehead atoms. The van der Waals surface area contributed by atoms with Crippen LogP contribution >= 0.6 is 0 Å². The van der Waals surface area contributed by atoms with E-state index >= 15 is 0 Å². The molecule has 0 aliphatic carbocycles. The molecule has 1 heterocycles. The summed E-state index contributed by atoms with van der Waals surface area (Å²) in [6, 6.07) is 0. The number of hydrogen-bond acceptors (Lipinski definition) is 2. The van der Waals surface area contributed by atoms with Crippen molar-refractivity contribution in [3.05, 3.63) is 12.3 Å². The van der Waals surface area contributed by atoms with Crippen LogP contribution in [-0.2, 0) is 9.53 Å². The monoisotopic (exact) mass is 182 g/mol. The van der Waals surface area contributed by atoms with Crippen LogP contribution in [0.2, 0.25) is 0 Å². The fraction of sp³-hybridized carbons (Fsp3) is 0.727. The number of rotatable bonds is 4. The Hall–Kier alpha value is -0.790. The number of allylic oxidation sites excluding steroid dienone is 1. The molecule has 0 N–H and O–H groups in total. The minimum absolute atomic E-state index is 0.0434. The standard InChI is InChI=1S/C11H18O2/c1-3-4-5-6-11-9(2)10(12)7-8-13-11/h7-9,11H,3-6H2,1-2H3/t9-,11?/m0/s1. The molecule has 0 fully saturated rings. The summed E-state index contributed by atoms with van der Waals surface area (Å²) in [6.45, 7) is 4.12. The van der Waals surface area contributed by atoms with Gasteiger partial charge in [-0.3, -0.25) is 4.79 Å². The fourth-order valence-corrected chi connectivity index (χ4v) is 1.57. The number of carbonyl (C=O) groups is 1. The first-order valence-corrected chi connectivity index (χ1v) is 5.11. The predicted octanol–water partition coefficient (Wildman–Crippen LogP) is 2.68. The van der Waals surface area contributed by atoms with Gasteiger partial charge in [0.25, 0.3) is 0 Å². The molecular weight excluding hydrogens is 164 g/mol. The van der Waals surface area contributed by atoms with Crippen LogP contribution in [-0.4, -0.2) is 11.9 Å². The van der Waals surface area contributed by atoms with E-state index in [0.29, 0.717) is 0 Å². The van der Waals surface area contributed by atoms with Gasteiger partial charge in [-0.2, -0.15) is 0 Å². The average Bonchev–Trinajstić information content (AvgIpc) is 2.13. The largest absolute Gasteiger partial charge is 0.497 e. The number of carbonyl (C=O) groups excluding carboxylic acids is 1. The van der Waals surface area contributed by atoms with Gasteiger partial charge in [-0.15, -0.1) is 0 Å². The van der Waals surface area contributed by atoms with Gasteiger partial charge in [0, 0.05) is 6.08 Å². The van der Waals surface area contributed by atoms with Crippen molar-refractivity contribution in [3.63, 3.8) is 0 Å². The predicted molar refractivity (Wildman–Crippen MR) is 52.3 cm³/mol. The van der Waals surface area contributed by atoms with Crippen molar-refractivity contribution in [2.24, 2.45) is 5.92 Å². The Balaban J connectivity index is 2.33. The minimum atomic E-state index is 0.0434. The third kappa shape index (κ3) is 2.87. The van der Waals surface area contributed by atoms with E-state index < -0.39 is 0 Å². The van der Waals surface area contributed by atoms with Crippen LogP contribution in [0.25, 0.3) is 0 Å². The van der Waals surface area contributed by atoms with E-state index in [4.69, 9.17) is 4.74 Å². The molecule has 1 aliphatic rings. The lowest BCUT2D eigenvalue weighted by Gasteiger charge is -2.24. The van der Waals surface area contributed by atoms with Crippen LogP contribution in [0, 0.1) is 5.92 Å². The number of ether oxygens (including phenoxy) is 1. The van der Waals surface area contributed by atoms with E-state index in [0.717, 1.165) is 12.8 Å². The second kappa shape index (κ2) is 5.05. The van der Waals surface area contributed by atoms with Gasteiger partial charge in [0.2, 0.25) is 0 Å². The van der Waals surface area contributed by atoms with Crippen molar-refractivity contribution < 1.29 is 9.53 Å². The molecule has 1 rings (SSSR count). The van der Waals surface area contributed by atoms with Gasteiger partial charge in [-0.25, -0.2) is 0 Å². The first-order chi connectivity index (χ1) is 6.25. The Morgan fingerprint density at radius 1 is 1.46 bits per heavy atom. The summed E-state index contributed by atoms with van der Waals surface area (Å²) in [6.07, 6.45) is 7.79. The second-order valence-corrected chi connectivity index (χ2v) is 3.66. The molecule has 0 aromatic heterocycles. The zero-order valence-corrected chi connectivity index (χ0v) is 8.45. The third-order valence-corrected chi connectivity index (χ3v) is 2.58. The van der Waals surface area contributed by atoms with Crippen LogP contribution in [0.3, 0.4) is 0 Å². The first kappa shape index (κ1) is 10.3. The van der Waals surface area contributed by atoms with Gasteiger partial charge in [0.1, 0.15) is 6.10 Å². The summed E-state index contributed by atoms with van der Waals surface area (Å²) >= 11 is 0. The number of ketones is 1. The fourth-order valence-electron chi connectivity index (χ4n) is 1.57. The van der Waals surface area contributed by atoms with Crippen LogP contribution in [0.15, 0.2) is 12.3 Å². The van der Waals surface area contributed by atoms with Crippen molar-refractivity contribution in [3.8, 4) is 0 Å². The molecule has 13 heavy (non-hydrogen) atoms. The van der Waals surface area contributed by atoms with Gasteiger partial charge in [0.05, 0.1) is 12.2 Å². The summed E-state index contributed by atoms with van der Waals surface area (Å²) in [4.78, 5) is 11.3. The van der Waals surface area contributed by atoms with Gasteiger partial charge in [-0.05, 0) is 12.8 Å². The molecule has 0 aromatic rings. The Kier molecular flexibility index (Phi) is 4.00. The van der Waals surface area contributed by atoms with Crippen LogP contribution in [0.4, 0.5) is 0 Å². The highest BCUT2D eigenvalue weighted by Crippen LogP contribution is 2.20. The maximum absolute atomic E-state index is 11.3. The molecular formula is C11H18O2. The molecule has 0 saturated heterocycles. The van der Waals surface area contributed by atoms with Crippen molar-refractivity contribution in [1.29, 1.82) is 0 Å². The molecule has 0 saturated carbocycles. The lowest BCUT2D eigenvalue weighted by Crippen LogP contribution is -2.29. The molecule has 1 unspecified atom stereocenters. The van der Waals surface area contributed by atoms with E-state index in [1.54, 1.807) is 6.26 Å². The highest BCUT2D eigenvalue weighted by Gasteiger charge is 2.25. The van der Waals surface area contributed by atoms with E-state index in [1.165, 1.54) is 18.9 Å². The van der Waals surface area contributed by atoms with Crippen LogP contribution in [0.5, 0.6) is 0 Å². The lowest BCUT2D eigenvalue weighted by atomic mass is 9.93. The highest BCUT2D eigenvalue weighted by atomic mass is 16.5. The maximum Gasteiger partial charge on any atom is 0.165 e. The Labute approximate surface area is 80.0 Å². The summed E-state index contributed by atoms with van der Waals surface area (Å²) < 4.78 is 5.41. The number of unbranched alkanes of at least 4 members (excludes halogenated alkanes) is 2. The minimum Gasteiger partial charge on any atom is -0.497 e. The lowest BCUT2D eigenvalue weighted by molar-refractivity contribution is -0.123. The summed E-state index contributed by atoms with van der Waals surface area (Å²) in [7, 11) is 0. The average molecular weight is 182 g/mol. The van der Waals surface area contributed by atoms with Gasteiger partial charge >= 0.3 is 0 Å².